The zero-order valence-electron chi connectivity index (χ0n) is 21.5. The maximum atomic E-state index is 12.2. The van der Waals surface area contributed by atoms with Crippen molar-refractivity contribution in [1.82, 2.24) is 10.6 Å². The molecule has 0 bridgehead atoms. The quantitative estimate of drug-likeness (QED) is 0.0573. The van der Waals surface area contributed by atoms with Gasteiger partial charge in [0.2, 0.25) is 5.91 Å². The van der Waals surface area contributed by atoms with Gasteiger partial charge >= 0.3 is 7.12 Å². The molecule has 2 unspecified atom stereocenters. The van der Waals surface area contributed by atoms with E-state index in [2.05, 4.69) is 24.5 Å². The number of hydrogen-bond donors (Lipinski definition) is 5. The third-order valence-corrected chi connectivity index (χ3v) is 8.85. The summed E-state index contributed by atoms with van der Waals surface area (Å²) in [5, 5.41) is 24.0. The number of carbonyl (C=O) groups is 2. The van der Waals surface area contributed by atoms with E-state index in [1.165, 1.54) is 24.3 Å². The largest absolute Gasteiger partial charge is 0.488 e. The molecule has 2 amide bonds. The fraction of sp³-hybridized carbons (Fsp3) is 0.636. The Hall–Kier alpha value is -0.820. The zero-order valence-corrected chi connectivity index (χ0v) is 24.1. The normalized spacial score (nSPS) is 19.9. The molecule has 0 radical (unpaired) electrons. The van der Waals surface area contributed by atoms with Crippen LogP contribution in [0.3, 0.4) is 0 Å². The van der Waals surface area contributed by atoms with Crippen LogP contribution in [0.15, 0.2) is 24.3 Å². The number of carbonyl (C=O) groups excluding carboxylic acids is 2. The number of rotatable bonds is 17. The van der Waals surface area contributed by atoms with E-state index in [1.807, 2.05) is 7.85 Å². The van der Waals surface area contributed by atoms with E-state index in [1.54, 1.807) is 21.6 Å². The van der Waals surface area contributed by atoms with Gasteiger partial charge in [0.05, 0.1) is 12.7 Å². The average Bonchev–Trinajstić information content (AvgIpc) is 3.22. The van der Waals surface area contributed by atoms with Gasteiger partial charge in [0.25, 0.3) is 5.91 Å². The average molecular weight is 574 g/mol. The van der Waals surface area contributed by atoms with Crippen LogP contribution in [0.2, 0.25) is 0 Å². The first-order valence-electron chi connectivity index (χ1n) is 12.2. The molecule has 0 spiro atoms. The van der Waals surface area contributed by atoms with Crippen LogP contribution in [-0.4, -0.2) is 90.3 Å². The lowest BCUT2D eigenvalue weighted by Gasteiger charge is -2.24. The van der Waals surface area contributed by atoms with Gasteiger partial charge in [-0.2, -0.15) is 0 Å². The summed E-state index contributed by atoms with van der Waals surface area (Å²) in [5.74, 6) is 0.219. The molecule has 1 heterocycles. The van der Waals surface area contributed by atoms with Crippen LogP contribution in [-0.2, 0) is 18.8 Å². The van der Waals surface area contributed by atoms with Crippen molar-refractivity contribution in [3.8, 4) is 0 Å². The molecule has 10 nitrogen and oxygen atoms in total. The van der Waals surface area contributed by atoms with Gasteiger partial charge in [0.1, 0.15) is 19.9 Å². The topological polar surface area (TPSA) is 147 Å². The van der Waals surface area contributed by atoms with Crippen molar-refractivity contribution in [3.05, 3.63) is 29.8 Å². The third-order valence-electron chi connectivity index (χ3n) is 5.61. The Bertz CT molecular complexity index is 841. The predicted molar refractivity (Wildman–Crippen MR) is 153 cm³/mol. The second kappa shape index (κ2) is 17.0. The van der Waals surface area contributed by atoms with Crippen LogP contribution < -0.4 is 16.1 Å². The molecule has 37 heavy (non-hydrogen) atoms. The maximum absolute atomic E-state index is 12.2. The van der Waals surface area contributed by atoms with E-state index in [-0.39, 0.29) is 34.8 Å². The molecule has 4 atom stereocenters. The molecule has 1 aromatic rings. The van der Waals surface area contributed by atoms with Gasteiger partial charge in [-0.3, -0.25) is 9.59 Å². The monoisotopic (exact) mass is 574 g/mol. The van der Waals surface area contributed by atoms with E-state index in [9.17, 15) is 9.59 Å². The highest BCUT2D eigenvalue weighted by atomic mass is 33.1. The Morgan fingerprint density at radius 2 is 1.97 bits per heavy atom. The van der Waals surface area contributed by atoms with Crippen LogP contribution in [0.5, 0.6) is 0 Å². The molecule has 1 saturated heterocycles. The second-order valence-electron chi connectivity index (χ2n) is 9.39. The fourth-order valence-electron chi connectivity index (χ4n) is 3.61. The van der Waals surface area contributed by atoms with Gasteiger partial charge in [0.15, 0.2) is 9.03 Å². The Morgan fingerprint density at radius 1 is 1.24 bits per heavy atom. The highest BCUT2D eigenvalue weighted by Crippen LogP contribution is 2.36. The first-order chi connectivity index (χ1) is 17.6. The standard InChI is InChI=1S/C22H37B2N2O8PS2/c1-22(2,37-36-14-32-17-11-19(23)34-18(17)12-33-35-31)13-26-20(27)5-3-4-10-25-21(28)15-6-8-16(9-7-15)24(29)30/h6-9,17-19,29-31,35H,3-5,10-14,23H2,1-2H3,(H,25,28)(H,26,27)/t17-,18?,19-/m1/s1. The molecule has 0 saturated carbocycles. The molecule has 1 aliphatic heterocycles. The second-order valence-corrected chi connectivity index (χ2v) is 12.8. The molecule has 0 aromatic heterocycles. The number of ether oxygens (including phenoxy) is 2. The van der Waals surface area contributed by atoms with Gasteiger partial charge in [-0.25, -0.2) is 0 Å². The molecule has 206 valence electrons. The number of unbranched alkanes of at least 4 members (excludes halogenated alkanes) is 1. The van der Waals surface area contributed by atoms with E-state index >= 15 is 0 Å². The number of nitrogens with one attached hydrogen (secondary N) is 2. The minimum absolute atomic E-state index is 0.0241. The summed E-state index contributed by atoms with van der Waals surface area (Å²) >= 11 is 0. The lowest BCUT2D eigenvalue weighted by atomic mass is 9.80. The van der Waals surface area contributed by atoms with Crippen molar-refractivity contribution in [2.75, 3.05) is 25.6 Å². The van der Waals surface area contributed by atoms with Crippen molar-refractivity contribution in [2.45, 2.75) is 62.5 Å². The van der Waals surface area contributed by atoms with E-state index in [4.69, 9.17) is 28.9 Å². The Morgan fingerprint density at radius 3 is 2.65 bits per heavy atom. The van der Waals surface area contributed by atoms with Crippen LogP contribution in [0, 0.1) is 0 Å². The van der Waals surface area contributed by atoms with Gasteiger partial charge in [-0.05, 0) is 50.7 Å². The van der Waals surface area contributed by atoms with Crippen molar-refractivity contribution >= 4 is 62.9 Å². The van der Waals surface area contributed by atoms with Gasteiger partial charge in [-0.15, -0.1) is 0 Å². The molecular formula is C22H37B2N2O8PS2. The molecule has 1 fully saturated rings. The van der Waals surface area contributed by atoms with Gasteiger partial charge in [0, 0.05) is 35.8 Å². The summed E-state index contributed by atoms with van der Waals surface area (Å²) in [6.45, 7) is 5.42. The summed E-state index contributed by atoms with van der Waals surface area (Å²) < 4.78 is 16.6. The molecule has 5 N–H and O–H groups in total. The molecule has 15 heteroatoms. The Labute approximate surface area is 229 Å². The highest BCUT2D eigenvalue weighted by Gasteiger charge is 2.34. The smallest absolute Gasteiger partial charge is 0.423 e. The number of benzene rings is 1. The molecule has 2 rings (SSSR count). The van der Waals surface area contributed by atoms with E-state index < -0.39 is 16.2 Å². The van der Waals surface area contributed by atoms with Gasteiger partial charge < -0.3 is 39.6 Å². The minimum atomic E-state index is -1.56. The maximum Gasteiger partial charge on any atom is 0.488 e. The van der Waals surface area contributed by atoms with E-state index in [0.717, 1.165) is 6.42 Å². The summed E-state index contributed by atoms with van der Waals surface area (Å²) in [6, 6.07) is 6.16. The first kappa shape index (κ1) is 32.4. The Kier molecular flexibility index (Phi) is 14.9. The fourth-order valence-corrected chi connectivity index (χ4v) is 6.02. The predicted octanol–water partition coefficient (Wildman–Crippen LogP) is 0.151. The summed E-state index contributed by atoms with van der Waals surface area (Å²) in [6.07, 6.45) is 2.27. The third kappa shape index (κ3) is 12.7. The van der Waals surface area contributed by atoms with Crippen molar-refractivity contribution in [2.24, 2.45) is 0 Å². The minimum Gasteiger partial charge on any atom is -0.423 e. The summed E-state index contributed by atoms with van der Waals surface area (Å²) in [5.41, 5.74) is 0.760. The summed E-state index contributed by atoms with van der Waals surface area (Å²) in [4.78, 5) is 33.2. The zero-order chi connectivity index (χ0) is 27.3. The first-order valence-corrected chi connectivity index (χ1v) is 15.4. The number of amides is 2. The molecule has 1 aliphatic rings. The van der Waals surface area contributed by atoms with Crippen LogP contribution in [0.1, 0.15) is 49.9 Å². The lowest BCUT2D eigenvalue weighted by Crippen LogP contribution is -2.36. The van der Waals surface area contributed by atoms with Crippen LogP contribution in [0.4, 0.5) is 0 Å². The van der Waals surface area contributed by atoms with Crippen molar-refractivity contribution in [3.63, 3.8) is 0 Å². The SMILES string of the molecule is B[C@H]1C[C@@H](OCSSC(C)(C)CNC(=O)CCCCNC(=O)c2ccc(B(O)O)cc2)C(COPO)O1. The lowest BCUT2D eigenvalue weighted by molar-refractivity contribution is -0.121. The van der Waals surface area contributed by atoms with Gasteiger partial charge in [-0.1, -0.05) is 33.7 Å². The Balaban J connectivity index is 1.54. The molecule has 0 aliphatic carbocycles. The summed E-state index contributed by atoms with van der Waals surface area (Å²) in [7, 11) is 3.11. The number of hydrogen-bond acceptors (Lipinski definition) is 10. The van der Waals surface area contributed by atoms with Crippen LogP contribution >= 0.6 is 30.6 Å². The van der Waals surface area contributed by atoms with Crippen molar-refractivity contribution < 1.29 is 38.5 Å². The highest BCUT2D eigenvalue weighted by molar-refractivity contribution is 8.77. The van der Waals surface area contributed by atoms with Crippen LogP contribution in [0.25, 0.3) is 0 Å². The van der Waals surface area contributed by atoms with E-state index in [0.29, 0.717) is 55.9 Å². The molecular weight excluding hydrogens is 537 g/mol. The van der Waals surface area contributed by atoms with Crippen molar-refractivity contribution in [1.29, 1.82) is 0 Å². The molecule has 1 aromatic carbocycles.